The molecule has 0 aliphatic rings. The summed E-state index contributed by atoms with van der Waals surface area (Å²) in [5.41, 5.74) is 0. The topological polar surface area (TPSA) is 78.9 Å². The molecule has 0 rings (SSSR count). The summed E-state index contributed by atoms with van der Waals surface area (Å²) in [7, 11) is 0. The van der Waals surface area contributed by atoms with Crippen molar-refractivity contribution in [2.45, 2.75) is 252 Å². The Morgan fingerprint density at radius 3 is 0.939 bits per heavy atom. The molecule has 0 amide bonds. The van der Waals surface area contributed by atoms with E-state index in [1.807, 2.05) is 0 Å². The Labute approximate surface area is 407 Å². The minimum Gasteiger partial charge on any atom is -0.462 e. The van der Waals surface area contributed by atoms with E-state index in [0.29, 0.717) is 19.3 Å². The first-order valence-electron chi connectivity index (χ1n) is 27.2. The summed E-state index contributed by atoms with van der Waals surface area (Å²) in [5, 5.41) is 0. The van der Waals surface area contributed by atoms with E-state index < -0.39 is 6.10 Å². The lowest BCUT2D eigenvalue weighted by molar-refractivity contribution is -0.167. The molecule has 1 atom stereocenters. The van der Waals surface area contributed by atoms with Crippen molar-refractivity contribution >= 4 is 17.9 Å². The van der Waals surface area contributed by atoms with Crippen LogP contribution in [0.3, 0.4) is 0 Å². The van der Waals surface area contributed by atoms with E-state index in [-0.39, 0.29) is 31.1 Å². The van der Waals surface area contributed by atoms with E-state index in [9.17, 15) is 14.4 Å². The van der Waals surface area contributed by atoms with Gasteiger partial charge in [-0.3, -0.25) is 14.4 Å². The van der Waals surface area contributed by atoms with Crippen LogP contribution in [0.25, 0.3) is 0 Å². The van der Waals surface area contributed by atoms with Gasteiger partial charge in [-0.05, 0) is 103 Å². The van der Waals surface area contributed by atoms with Crippen LogP contribution in [0.15, 0.2) is 97.2 Å². The van der Waals surface area contributed by atoms with E-state index in [1.165, 1.54) is 70.6 Å². The predicted octanol–water partition coefficient (Wildman–Crippen LogP) is 18.1. The van der Waals surface area contributed by atoms with Crippen molar-refractivity contribution < 1.29 is 28.6 Å². The zero-order valence-electron chi connectivity index (χ0n) is 42.9. The van der Waals surface area contributed by atoms with Gasteiger partial charge in [0.05, 0.1) is 0 Å². The van der Waals surface area contributed by atoms with Crippen LogP contribution in [0.4, 0.5) is 0 Å². The zero-order valence-corrected chi connectivity index (χ0v) is 42.9. The van der Waals surface area contributed by atoms with Gasteiger partial charge in [0.25, 0.3) is 0 Å². The SMILES string of the molecule is CC/C=C\C/C=C\C/C=C\C/C=C\C/C=C\C/C=C\C/C=C\CCCCCCCC(=O)OCC(COC(=O)CCCCCCCCC)OC(=O)CCCCCCC/C=C\CCCCCCC. The molecule has 0 aromatic heterocycles. The Bertz CT molecular complexity index is 1330. The molecule has 1 unspecified atom stereocenters. The van der Waals surface area contributed by atoms with Crippen molar-refractivity contribution in [3.63, 3.8) is 0 Å². The number of hydrogen-bond acceptors (Lipinski definition) is 6. The van der Waals surface area contributed by atoms with E-state index in [0.717, 1.165) is 135 Å². The Hall–Kier alpha value is -3.67. The zero-order chi connectivity index (χ0) is 47.9. The summed E-state index contributed by atoms with van der Waals surface area (Å²) in [5.74, 6) is -0.924. The second kappa shape index (κ2) is 53.9. The summed E-state index contributed by atoms with van der Waals surface area (Å²) in [4.78, 5) is 37.8. The monoisotopic (exact) mass is 917 g/mol. The highest BCUT2D eigenvalue weighted by Gasteiger charge is 2.19. The van der Waals surface area contributed by atoms with E-state index in [2.05, 4.69) is 118 Å². The first-order chi connectivity index (χ1) is 32.5. The molecule has 0 fully saturated rings. The average molecular weight is 917 g/mol. The molecule has 66 heavy (non-hydrogen) atoms. The highest BCUT2D eigenvalue weighted by molar-refractivity contribution is 5.71. The standard InChI is InChI=1S/C60H100O6/c1-4-7-10-13-16-18-20-22-24-25-26-27-28-29-30-31-32-33-34-35-36-38-39-41-44-47-50-53-59(62)65-56-57(55-64-58(61)52-49-46-43-15-12-9-6-3)66-60(63)54-51-48-45-42-40-37-23-21-19-17-14-11-8-5-2/h7,10,16,18,21-24,26-27,29-30,32-33,35-36,57H,4-6,8-9,11-15,17,19-20,25,28,31,34,37-56H2,1-3H3/b10-7-,18-16-,23-21-,24-22-,27-26-,30-29-,33-32-,36-35-. The number of esters is 3. The molecule has 0 bridgehead atoms. The van der Waals surface area contributed by atoms with Crippen LogP contribution < -0.4 is 0 Å². The summed E-state index contributed by atoms with van der Waals surface area (Å²) in [6, 6.07) is 0. The van der Waals surface area contributed by atoms with Crippen molar-refractivity contribution in [2.24, 2.45) is 0 Å². The number of ether oxygens (including phenoxy) is 3. The van der Waals surface area contributed by atoms with Crippen molar-refractivity contribution in [1.82, 2.24) is 0 Å². The number of allylic oxidation sites excluding steroid dienone is 16. The van der Waals surface area contributed by atoms with Crippen LogP contribution in [-0.4, -0.2) is 37.2 Å². The Morgan fingerprint density at radius 2 is 0.591 bits per heavy atom. The Kier molecular flexibility index (Phi) is 50.9. The third-order valence-corrected chi connectivity index (χ3v) is 11.3. The molecule has 6 heteroatoms. The summed E-state index contributed by atoms with van der Waals surface area (Å²) < 4.78 is 16.7. The highest BCUT2D eigenvalue weighted by atomic mass is 16.6. The maximum Gasteiger partial charge on any atom is 0.306 e. The number of carbonyl (C=O) groups is 3. The first-order valence-corrected chi connectivity index (χ1v) is 27.2. The first kappa shape index (κ1) is 62.3. The molecule has 0 heterocycles. The molecule has 6 nitrogen and oxygen atoms in total. The van der Waals surface area contributed by atoms with Gasteiger partial charge in [0.2, 0.25) is 0 Å². The molecule has 0 aromatic rings. The fourth-order valence-corrected chi connectivity index (χ4v) is 7.24. The number of rotatable bonds is 48. The Morgan fingerprint density at radius 1 is 0.318 bits per heavy atom. The van der Waals surface area contributed by atoms with Gasteiger partial charge in [0.1, 0.15) is 13.2 Å². The molecule has 0 saturated heterocycles. The second-order valence-corrected chi connectivity index (χ2v) is 17.8. The molecule has 0 radical (unpaired) electrons. The summed E-state index contributed by atoms with van der Waals surface area (Å²) in [6.07, 6.45) is 71.3. The molecule has 0 saturated carbocycles. The van der Waals surface area contributed by atoms with Crippen LogP contribution in [0.2, 0.25) is 0 Å². The van der Waals surface area contributed by atoms with Gasteiger partial charge in [-0.15, -0.1) is 0 Å². The van der Waals surface area contributed by atoms with Gasteiger partial charge in [0, 0.05) is 19.3 Å². The quantitative estimate of drug-likeness (QED) is 0.0262. The van der Waals surface area contributed by atoms with Gasteiger partial charge >= 0.3 is 17.9 Å². The van der Waals surface area contributed by atoms with E-state index >= 15 is 0 Å². The fourth-order valence-electron chi connectivity index (χ4n) is 7.24. The third-order valence-electron chi connectivity index (χ3n) is 11.3. The maximum absolute atomic E-state index is 12.8. The molecule has 0 N–H and O–H groups in total. The second-order valence-electron chi connectivity index (χ2n) is 17.8. The van der Waals surface area contributed by atoms with Crippen LogP contribution in [0, 0.1) is 0 Å². The van der Waals surface area contributed by atoms with Gasteiger partial charge in [-0.2, -0.15) is 0 Å². The minimum absolute atomic E-state index is 0.0869. The summed E-state index contributed by atoms with van der Waals surface area (Å²) in [6.45, 7) is 6.44. The highest BCUT2D eigenvalue weighted by Crippen LogP contribution is 2.13. The Balaban J connectivity index is 4.25. The fraction of sp³-hybridized carbons (Fsp3) is 0.683. The number of unbranched alkanes of at least 4 members (excludes halogenated alkanes) is 21. The minimum atomic E-state index is -0.787. The number of carbonyl (C=O) groups excluding carboxylic acids is 3. The predicted molar refractivity (Wildman–Crippen MR) is 284 cm³/mol. The molecular formula is C60H100O6. The van der Waals surface area contributed by atoms with Crippen LogP contribution >= 0.6 is 0 Å². The maximum atomic E-state index is 12.8. The van der Waals surface area contributed by atoms with Crippen molar-refractivity contribution in [3.05, 3.63) is 97.2 Å². The normalized spacial score (nSPS) is 12.8. The molecule has 376 valence electrons. The van der Waals surface area contributed by atoms with Gasteiger partial charge < -0.3 is 14.2 Å². The van der Waals surface area contributed by atoms with Crippen LogP contribution in [0.1, 0.15) is 245 Å². The van der Waals surface area contributed by atoms with Crippen LogP contribution in [0.5, 0.6) is 0 Å². The van der Waals surface area contributed by atoms with Crippen LogP contribution in [-0.2, 0) is 28.6 Å². The molecule has 0 aliphatic heterocycles. The largest absolute Gasteiger partial charge is 0.462 e. The lowest BCUT2D eigenvalue weighted by Gasteiger charge is -2.18. The van der Waals surface area contributed by atoms with E-state index in [4.69, 9.17) is 14.2 Å². The third kappa shape index (κ3) is 51.3. The molecule has 0 aromatic carbocycles. The van der Waals surface area contributed by atoms with Gasteiger partial charge in [-0.1, -0.05) is 221 Å². The number of hydrogen-bond donors (Lipinski definition) is 0. The molecular weight excluding hydrogens is 817 g/mol. The van der Waals surface area contributed by atoms with Crippen molar-refractivity contribution in [1.29, 1.82) is 0 Å². The van der Waals surface area contributed by atoms with Gasteiger partial charge in [0.15, 0.2) is 6.10 Å². The van der Waals surface area contributed by atoms with Crippen molar-refractivity contribution in [3.8, 4) is 0 Å². The lowest BCUT2D eigenvalue weighted by atomic mass is 10.1. The van der Waals surface area contributed by atoms with E-state index in [1.54, 1.807) is 0 Å². The smallest absolute Gasteiger partial charge is 0.306 e. The summed E-state index contributed by atoms with van der Waals surface area (Å²) >= 11 is 0. The average Bonchev–Trinajstić information content (AvgIpc) is 3.31. The van der Waals surface area contributed by atoms with Gasteiger partial charge in [-0.25, -0.2) is 0 Å². The molecule has 0 spiro atoms. The lowest BCUT2D eigenvalue weighted by Crippen LogP contribution is -2.30. The van der Waals surface area contributed by atoms with Crippen molar-refractivity contribution in [2.75, 3.05) is 13.2 Å². The molecule has 0 aliphatic carbocycles.